The number of para-hydroxylation sites is 1. The van der Waals surface area contributed by atoms with Gasteiger partial charge >= 0.3 is 0 Å². The third kappa shape index (κ3) is 6.27. The van der Waals surface area contributed by atoms with Gasteiger partial charge in [-0.1, -0.05) is 43.5 Å². The highest BCUT2D eigenvalue weighted by atomic mass is 19.1. The van der Waals surface area contributed by atoms with E-state index in [1.165, 1.54) is 18.2 Å². The van der Waals surface area contributed by atoms with Crippen molar-refractivity contribution in [3.05, 3.63) is 89.2 Å². The van der Waals surface area contributed by atoms with E-state index < -0.39 is 17.6 Å². The number of rotatable bonds is 8. The lowest BCUT2D eigenvalue weighted by atomic mass is 9.88. The summed E-state index contributed by atoms with van der Waals surface area (Å²) in [5.74, 6) is -1.50. The van der Waals surface area contributed by atoms with E-state index in [4.69, 9.17) is 10.5 Å². The van der Waals surface area contributed by atoms with Crippen LogP contribution in [-0.2, 0) is 11.4 Å². The van der Waals surface area contributed by atoms with Gasteiger partial charge in [0.25, 0.3) is 11.8 Å². The van der Waals surface area contributed by atoms with Crippen molar-refractivity contribution < 1.29 is 23.5 Å². The fraction of sp³-hybridized carbons (Fsp3) is 0.250. The highest BCUT2D eigenvalue weighted by molar-refractivity contribution is 6.05. The van der Waals surface area contributed by atoms with Gasteiger partial charge in [0, 0.05) is 17.2 Å². The third-order valence-corrected chi connectivity index (χ3v) is 6.19. The van der Waals surface area contributed by atoms with Gasteiger partial charge in [-0.15, -0.1) is 0 Å². The average Bonchev–Trinajstić information content (AvgIpc) is 2.90. The minimum atomic E-state index is -0.590. The van der Waals surface area contributed by atoms with Crippen molar-refractivity contribution in [2.75, 3.05) is 10.6 Å². The Morgan fingerprint density at radius 3 is 2.47 bits per heavy atom. The second-order valence-electron chi connectivity index (χ2n) is 8.82. The molecule has 0 aliphatic heterocycles. The lowest BCUT2D eigenvalue weighted by Gasteiger charge is -2.21. The van der Waals surface area contributed by atoms with Crippen LogP contribution in [0.1, 0.15) is 58.4 Å². The Hall–Kier alpha value is -4.20. The van der Waals surface area contributed by atoms with Gasteiger partial charge in [0.15, 0.2) is 0 Å². The summed E-state index contributed by atoms with van der Waals surface area (Å²) in [5.41, 5.74) is 7.14. The molecule has 186 valence electrons. The Morgan fingerprint density at radius 2 is 1.69 bits per heavy atom. The number of benzene rings is 3. The molecule has 0 atom stereocenters. The molecule has 0 unspecified atom stereocenters. The number of carbonyl (C=O) groups is 3. The lowest BCUT2D eigenvalue weighted by Crippen LogP contribution is -2.25. The number of primary amides is 1. The second-order valence-corrected chi connectivity index (χ2v) is 8.82. The molecule has 3 aromatic rings. The number of ether oxygens (including phenoxy) is 1. The molecule has 0 spiro atoms. The summed E-state index contributed by atoms with van der Waals surface area (Å²) in [4.78, 5) is 37.0. The van der Waals surface area contributed by atoms with Gasteiger partial charge in [0.1, 0.15) is 18.2 Å². The number of hydrogen-bond acceptors (Lipinski definition) is 4. The number of anilines is 2. The van der Waals surface area contributed by atoms with E-state index in [-0.39, 0.29) is 29.7 Å². The highest BCUT2D eigenvalue weighted by Gasteiger charge is 2.22. The Bertz CT molecular complexity index is 1270. The van der Waals surface area contributed by atoms with E-state index in [1.54, 1.807) is 48.5 Å². The first-order chi connectivity index (χ1) is 17.4. The SMILES string of the molecule is NC(=O)c1ccccc1OCc1cccc(C(=O)Nc2ccc(F)c(NC(=O)C3CCCCC3)c2)c1. The molecule has 7 nitrogen and oxygen atoms in total. The molecule has 4 rings (SSSR count). The summed E-state index contributed by atoms with van der Waals surface area (Å²) in [7, 11) is 0. The molecule has 0 bridgehead atoms. The van der Waals surface area contributed by atoms with E-state index in [1.807, 2.05) is 0 Å². The van der Waals surface area contributed by atoms with E-state index in [0.717, 1.165) is 32.1 Å². The zero-order valence-electron chi connectivity index (χ0n) is 19.8. The first-order valence-electron chi connectivity index (χ1n) is 11.9. The molecular weight excluding hydrogens is 461 g/mol. The molecule has 36 heavy (non-hydrogen) atoms. The molecule has 3 aromatic carbocycles. The van der Waals surface area contributed by atoms with Gasteiger partial charge in [-0.2, -0.15) is 0 Å². The largest absolute Gasteiger partial charge is 0.488 e. The van der Waals surface area contributed by atoms with Crippen molar-refractivity contribution in [1.29, 1.82) is 0 Å². The predicted molar refractivity (Wildman–Crippen MR) is 135 cm³/mol. The van der Waals surface area contributed by atoms with E-state index in [9.17, 15) is 18.8 Å². The summed E-state index contributed by atoms with van der Waals surface area (Å²) in [6, 6.07) is 17.6. The van der Waals surface area contributed by atoms with Gasteiger partial charge in [0.05, 0.1) is 11.3 Å². The van der Waals surface area contributed by atoms with E-state index in [0.29, 0.717) is 22.6 Å². The smallest absolute Gasteiger partial charge is 0.255 e. The monoisotopic (exact) mass is 489 g/mol. The van der Waals surface area contributed by atoms with Gasteiger partial charge in [0.2, 0.25) is 5.91 Å². The fourth-order valence-electron chi connectivity index (χ4n) is 4.26. The van der Waals surface area contributed by atoms with Gasteiger partial charge < -0.3 is 21.1 Å². The summed E-state index contributed by atoms with van der Waals surface area (Å²) in [6.07, 6.45) is 4.72. The Labute approximate surface area is 208 Å². The number of carbonyl (C=O) groups excluding carboxylic acids is 3. The van der Waals surface area contributed by atoms with Gasteiger partial charge in [-0.3, -0.25) is 14.4 Å². The number of nitrogens with two attached hydrogens (primary N) is 1. The fourth-order valence-corrected chi connectivity index (χ4v) is 4.26. The van der Waals surface area contributed by atoms with Crippen LogP contribution in [0.3, 0.4) is 0 Å². The molecule has 0 heterocycles. The third-order valence-electron chi connectivity index (χ3n) is 6.19. The van der Waals surface area contributed by atoms with E-state index in [2.05, 4.69) is 10.6 Å². The minimum absolute atomic E-state index is 0.0404. The number of nitrogens with one attached hydrogen (secondary N) is 2. The van der Waals surface area contributed by atoms with Crippen LogP contribution in [0, 0.1) is 11.7 Å². The van der Waals surface area contributed by atoms with Crippen molar-refractivity contribution in [3.8, 4) is 5.75 Å². The zero-order valence-corrected chi connectivity index (χ0v) is 19.8. The van der Waals surface area contributed by atoms with Crippen LogP contribution in [0.5, 0.6) is 5.75 Å². The average molecular weight is 490 g/mol. The van der Waals surface area contributed by atoms with E-state index >= 15 is 0 Å². The molecule has 8 heteroatoms. The lowest BCUT2D eigenvalue weighted by molar-refractivity contribution is -0.120. The van der Waals surface area contributed by atoms with Crippen LogP contribution in [0.2, 0.25) is 0 Å². The first kappa shape index (κ1) is 24.9. The van der Waals surface area contributed by atoms with Gasteiger partial charge in [-0.25, -0.2) is 4.39 Å². The van der Waals surface area contributed by atoms with Crippen molar-refractivity contribution in [1.82, 2.24) is 0 Å². The predicted octanol–water partition coefficient (Wildman–Crippen LogP) is 5.27. The molecule has 1 aliphatic carbocycles. The molecule has 0 radical (unpaired) electrons. The maximum Gasteiger partial charge on any atom is 0.255 e. The molecule has 4 N–H and O–H groups in total. The highest BCUT2D eigenvalue weighted by Crippen LogP contribution is 2.27. The first-order valence-corrected chi connectivity index (χ1v) is 11.9. The normalized spacial score (nSPS) is 13.6. The molecular formula is C28H28FN3O4. The van der Waals surface area contributed by atoms with Crippen LogP contribution in [-0.4, -0.2) is 17.7 Å². The van der Waals surface area contributed by atoms with Gasteiger partial charge in [-0.05, 0) is 60.9 Å². The summed E-state index contributed by atoms with van der Waals surface area (Å²) < 4.78 is 20.1. The second kappa shape index (κ2) is 11.5. The molecule has 1 fully saturated rings. The molecule has 0 saturated heterocycles. The van der Waals surface area contributed by atoms with Crippen LogP contribution in [0.25, 0.3) is 0 Å². The van der Waals surface area contributed by atoms with Crippen LogP contribution < -0.4 is 21.1 Å². The van der Waals surface area contributed by atoms with Crippen molar-refractivity contribution in [3.63, 3.8) is 0 Å². The number of amides is 3. The Balaban J connectivity index is 1.41. The van der Waals surface area contributed by atoms with Crippen LogP contribution in [0.15, 0.2) is 66.7 Å². The summed E-state index contributed by atoms with van der Waals surface area (Å²) in [6.45, 7) is 0.124. The minimum Gasteiger partial charge on any atom is -0.488 e. The number of halogens is 1. The molecule has 0 aromatic heterocycles. The molecule has 3 amide bonds. The maximum absolute atomic E-state index is 14.3. The van der Waals surface area contributed by atoms with Crippen molar-refractivity contribution >= 4 is 29.1 Å². The molecule has 1 aliphatic rings. The summed E-state index contributed by atoms with van der Waals surface area (Å²) >= 11 is 0. The Kier molecular flexibility index (Phi) is 7.95. The Morgan fingerprint density at radius 1 is 0.917 bits per heavy atom. The zero-order chi connectivity index (χ0) is 25.5. The molecule has 1 saturated carbocycles. The number of hydrogen-bond donors (Lipinski definition) is 3. The van der Waals surface area contributed by atoms with Crippen LogP contribution >= 0.6 is 0 Å². The van der Waals surface area contributed by atoms with Crippen molar-refractivity contribution in [2.45, 2.75) is 38.7 Å². The van der Waals surface area contributed by atoms with Crippen molar-refractivity contribution in [2.24, 2.45) is 11.7 Å². The van der Waals surface area contributed by atoms with Crippen LogP contribution in [0.4, 0.5) is 15.8 Å². The standard InChI is InChI=1S/C28H28FN3O4/c29-23-14-13-21(16-24(23)32-27(34)19-8-2-1-3-9-19)31-28(35)20-10-6-7-18(15-20)17-36-25-12-5-4-11-22(25)26(30)33/h4-7,10-16,19H,1-3,8-9,17H2,(H2,30,33)(H,31,35)(H,32,34). The summed E-state index contributed by atoms with van der Waals surface area (Å²) in [5, 5.41) is 5.42. The maximum atomic E-state index is 14.3. The topological polar surface area (TPSA) is 111 Å². The quantitative estimate of drug-likeness (QED) is 0.400.